The number of benzene rings is 3. The Kier molecular flexibility index (Phi) is 10.8. The summed E-state index contributed by atoms with van der Waals surface area (Å²) in [6, 6.07) is 16.5. The number of fused-ring (bicyclic) bond motifs is 3. The lowest BCUT2D eigenvalue weighted by Crippen LogP contribution is -2.37. The lowest BCUT2D eigenvalue weighted by Gasteiger charge is -2.40. The minimum atomic E-state index is -0.468. The van der Waals surface area contributed by atoms with E-state index in [1.807, 2.05) is 13.0 Å². The zero-order valence-electron chi connectivity index (χ0n) is 29.9. The van der Waals surface area contributed by atoms with Gasteiger partial charge in [-0.25, -0.2) is 13.8 Å². The van der Waals surface area contributed by atoms with Gasteiger partial charge in [0.25, 0.3) is 0 Å². The van der Waals surface area contributed by atoms with Crippen LogP contribution in [0.25, 0.3) is 32.9 Å². The quantitative estimate of drug-likeness (QED) is 0.164. The summed E-state index contributed by atoms with van der Waals surface area (Å²) in [6.45, 7) is 4.81. The van der Waals surface area contributed by atoms with Gasteiger partial charge in [0.2, 0.25) is 5.91 Å². The Morgan fingerprint density at radius 3 is 2.47 bits per heavy atom. The second kappa shape index (κ2) is 15.3. The number of aliphatic hydroxyl groups excluding tert-OH is 1. The zero-order valence-corrected chi connectivity index (χ0v) is 31.5. The van der Waals surface area contributed by atoms with Gasteiger partial charge in [-0.05, 0) is 107 Å². The molecule has 3 atom stereocenters. The van der Waals surface area contributed by atoms with E-state index in [0.717, 1.165) is 72.9 Å². The van der Waals surface area contributed by atoms with Crippen LogP contribution in [-0.2, 0) is 17.8 Å². The fourth-order valence-electron chi connectivity index (χ4n) is 8.23. The van der Waals surface area contributed by atoms with Gasteiger partial charge < -0.3 is 20.3 Å². The molecule has 3 fully saturated rings. The topological polar surface area (TPSA) is 108 Å². The first-order chi connectivity index (χ1) is 25.6. The number of aryl methyl sites for hydroxylation is 3. The second-order valence-electron chi connectivity index (χ2n) is 14.6. The summed E-state index contributed by atoms with van der Waals surface area (Å²) < 4.78 is 32.0. The highest BCUT2D eigenvalue weighted by atomic mass is 35.5. The SMILES string of the molecule is Cc1cccc(F)c1CO.Cc1nc2c(F)c(-c3cccc(Cl)c3Cl)c(CCC#N)cc2c2c1cc(C1CCCN1C(=O)C1CC1)n2C1CC[C@@H]1CN. The van der Waals surface area contributed by atoms with Crippen LogP contribution in [0.15, 0.2) is 48.5 Å². The Balaban J connectivity index is 0.000000379. The predicted octanol–water partition coefficient (Wildman–Crippen LogP) is 9.68. The van der Waals surface area contributed by atoms with Gasteiger partial charge in [-0.3, -0.25) is 4.79 Å². The summed E-state index contributed by atoms with van der Waals surface area (Å²) in [6.07, 6.45) is 6.40. The minimum Gasteiger partial charge on any atom is -0.392 e. The molecule has 1 amide bonds. The van der Waals surface area contributed by atoms with Crippen molar-refractivity contribution >= 4 is 50.9 Å². The number of pyridine rings is 1. The molecule has 3 aliphatic rings. The van der Waals surface area contributed by atoms with E-state index >= 15 is 4.39 Å². The molecule has 1 saturated heterocycles. The Bertz CT molecular complexity index is 2240. The van der Waals surface area contributed by atoms with Crippen LogP contribution in [-0.4, -0.2) is 38.6 Å². The van der Waals surface area contributed by atoms with Crippen LogP contribution in [0.5, 0.6) is 0 Å². The molecule has 276 valence electrons. The van der Waals surface area contributed by atoms with E-state index in [1.165, 1.54) is 6.07 Å². The number of rotatable bonds is 8. The number of nitrogens with zero attached hydrogens (tertiary/aromatic N) is 4. The average Bonchev–Trinajstić information content (AvgIpc) is 3.74. The molecule has 5 aromatic rings. The first-order valence-corrected chi connectivity index (χ1v) is 19.2. The first-order valence-electron chi connectivity index (χ1n) is 18.4. The van der Waals surface area contributed by atoms with Gasteiger partial charge >= 0.3 is 0 Å². The summed E-state index contributed by atoms with van der Waals surface area (Å²) in [5.74, 6) is -0.0846. The number of carbonyl (C=O) groups excluding carboxylic acids is 1. The molecule has 2 aromatic heterocycles. The molecule has 0 bridgehead atoms. The Morgan fingerprint density at radius 2 is 1.83 bits per heavy atom. The summed E-state index contributed by atoms with van der Waals surface area (Å²) >= 11 is 13.0. The van der Waals surface area contributed by atoms with Crippen LogP contribution in [0.1, 0.15) is 85.1 Å². The number of aliphatic hydroxyl groups is 1. The molecule has 2 saturated carbocycles. The summed E-state index contributed by atoms with van der Waals surface area (Å²) in [4.78, 5) is 20.3. The summed E-state index contributed by atoms with van der Waals surface area (Å²) in [7, 11) is 0. The van der Waals surface area contributed by atoms with E-state index in [9.17, 15) is 14.4 Å². The fraction of sp³-hybridized carbons (Fsp3) is 0.405. The lowest BCUT2D eigenvalue weighted by atomic mass is 9.79. The van der Waals surface area contributed by atoms with Crippen LogP contribution in [0.4, 0.5) is 8.78 Å². The first kappa shape index (κ1) is 37.3. The molecule has 3 N–H and O–H groups in total. The highest BCUT2D eigenvalue weighted by molar-refractivity contribution is 6.43. The van der Waals surface area contributed by atoms with Crippen molar-refractivity contribution in [2.24, 2.45) is 17.6 Å². The highest BCUT2D eigenvalue weighted by Crippen LogP contribution is 2.49. The van der Waals surface area contributed by atoms with E-state index in [4.69, 9.17) is 39.0 Å². The maximum absolute atomic E-state index is 16.9. The number of nitrogens with two attached hydrogens (primary N) is 1. The maximum Gasteiger partial charge on any atom is 0.226 e. The van der Waals surface area contributed by atoms with Gasteiger partial charge in [0, 0.05) is 63.8 Å². The number of amides is 1. The summed E-state index contributed by atoms with van der Waals surface area (Å²) in [5, 5.41) is 20.4. The van der Waals surface area contributed by atoms with E-state index in [-0.39, 0.29) is 53.3 Å². The molecule has 0 spiro atoms. The molecule has 53 heavy (non-hydrogen) atoms. The normalized spacial score (nSPS) is 19.6. The Hall–Kier alpha value is -4.07. The predicted molar refractivity (Wildman–Crippen MR) is 206 cm³/mol. The molecule has 2 unspecified atom stereocenters. The molecule has 0 radical (unpaired) electrons. The average molecular weight is 759 g/mol. The summed E-state index contributed by atoms with van der Waals surface area (Å²) in [5.41, 5.74) is 12.0. The van der Waals surface area contributed by atoms with Crippen molar-refractivity contribution in [3.63, 3.8) is 0 Å². The lowest BCUT2D eigenvalue weighted by molar-refractivity contribution is -0.133. The van der Waals surface area contributed by atoms with Gasteiger partial charge in [0.05, 0.1) is 34.3 Å². The zero-order chi connectivity index (χ0) is 37.6. The smallest absolute Gasteiger partial charge is 0.226 e. The van der Waals surface area contributed by atoms with Crippen LogP contribution in [0.2, 0.25) is 10.0 Å². The van der Waals surface area contributed by atoms with Crippen molar-refractivity contribution in [1.29, 1.82) is 5.26 Å². The standard InChI is InChI=1S/C34H34Cl2FN5O.C8H9FO/c1-18-23-16-28(27-8-4-14-41(27)34(43)19-9-10-19)42(26-12-11-21(26)17-39)33(23)24-15-20(5-3-13-38)29(31(37)32(24)40-18)22-6-2-7-25(35)30(22)36;1-6-3-2-4-8(9)7(6)5-10/h2,6-7,15-16,19,21,26-27H,3-5,8-12,14,17,39H2,1H3;2-4,10H,5H2,1H3/t21-,26?,27?;/m1./s1. The fourth-order valence-corrected chi connectivity index (χ4v) is 8.63. The maximum atomic E-state index is 16.9. The van der Waals surface area contributed by atoms with Crippen LogP contribution >= 0.6 is 23.2 Å². The second-order valence-corrected chi connectivity index (χ2v) is 15.4. The van der Waals surface area contributed by atoms with Crippen molar-refractivity contribution in [2.45, 2.75) is 83.9 Å². The third-order valence-electron chi connectivity index (χ3n) is 11.4. The van der Waals surface area contributed by atoms with E-state index in [1.54, 1.807) is 37.3 Å². The highest BCUT2D eigenvalue weighted by Gasteiger charge is 2.42. The molecule has 11 heteroatoms. The van der Waals surface area contributed by atoms with E-state index in [0.29, 0.717) is 51.5 Å². The monoisotopic (exact) mass is 757 g/mol. The van der Waals surface area contributed by atoms with Crippen molar-refractivity contribution in [2.75, 3.05) is 13.1 Å². The van der Waals surface area contributed by atoms with Crippen molar-refractivity contribution in [3.8, 4) is 17.2 Å². The third kappa shape index (κ3) is 6.80. The van der Waals surface area contributed by atoms with Gasteiger partial charge in [-0.1, -0.05) is 47.5 Å². The third-order valence-corrected chi connectivity index (χ3v) is 12.2. The Morgan fingerprint density at radius 1 is 1.06 bits per heavy atom. The number of halogens is 4. The molecule has 1 aliphatic heterocycles. The van der Waals surface area contributed by atoms with Crippen LogP contribution in [0.3, 0.4) is 0 Å². The van der Waals surface area contributed by atoms with E-state index < -0.39 is 5.82 Å². The van der Waals surface area contributed by atoms with Gasteiger partial charge in [-0.2, -0.15) is 5.26 Å². The number of nitriles is 1. The molecule has 2 aliphatic carbocycles. The van der Waals surface area contributed by atoms with Gasteiger partial charge in [0.15, 0.2) is 5.82 Å². The minimum absolute atomic E-state index is 0.0265. The number of hydrogen-bond donors (Lipinski definition) is 2. The number of carbonyl (C=O) groups is 1. The molecule has 3 aromatic carbocycles. The number of likely N-dealkylation sites (tertiary alicyclic amines) is 1. The van der Waals surface area contributed by atoms with Crippen LogP contribution < -0.4 is 5.73 Å². The number of hydrogen-bond acceptors (Lipinski definition) is 5. The van der Waals surface area contributed by atoms with Crippen LogP contribution in [0, 0.1) is 48.6 Å². The largest absolute Gasteiger partial charge is 0.392 e. The van der Waals surface area contributed by atoms with Crippen molar-refractivity contribution in [3.05, 3.63) is 98.3 Å². The molecule has 7 nitrogen and oxygen atoms in total. The number of aromatic nitrogens is 2. The van der Waals surface area contributed by atoms with Gasteiger partial charge in [0.1, 0.15) is 11.3 Å². The van der Waals surface area contributed by atoms with Crippen molar-refractivity contribution in [1.82, 2.24) is 14.5 Å². The Labute approximate surface area is 318 Å². The molecule has 3 heterocycles. The molecule has 8 rings (SSSR count). The van der Waals surface area contributed by atoms with E-state index in [2.05, 4.69) is 21.6 Å². The van der Waals surface area contributed by atoms with Crippen molar-refractivity contribution < 1.29 is 18.7 Å². The molecular weight excluding hydrogens is 715 g/mol. The van der Waals surface area contributed by atoms with Gasteiger partial charge in [-0.15, -0.1) is 0 Å². The molecular formula is C42H43Cl2F2N5O2.